The first-order valence-corrected chi connectivity index (χ1v) is 9.81. The van der Waals surface area contributed by atoms with Crippen molar-refractivity contribution < 1.29 is 44.9 Å². The third-order valence-corrected chi connectivity index (χ3v) is 4.79. The van der Waals surface area contributed by atoms with Gasteiger partial charge in [-0.25, -0.2) is 0 Å². The second kappa shape index (κ2) is 8.83. The van der Waals surface area contributed by atoms with Crippen molar-refractivity contribution >= 4 is 5.78 Å². The van der Waals surface area contributed by atoms with Gasteiger partial charge in [-0.05, 0) is 48.5 Å². The van der Waals surface area contributed by atoms with Crippen molar-refractivity contribution in [2.45, 2.75) is 0 Å². The summed E-state index contributed by atoms with van der Waals surface area (Å²) in [4.78, 5) is 12.8. The van der Waals surface area contributed by atoms with Crippen molar-refractivity contribution in [3.05, 3.63) is 83.9 Å². The highest BCUT2D eigenvalue weighted by atomic mass is 16.5. The zero-order valence-electron chi connectivity index (χ0n) is 17.3. The van der Waals surface area contributed by atoms with E-state index < -0.39 is 34.5 Å². The summed E-state index contributed by atoms with van der Waals surface area (Å²) >= 11 is 0. The first kappa shape index (κ1) is 22.2. The molecule has 0 saturated carbocycles. The van der Waals surface area contributed by atoms with Gasteiger partial charge in [0.05, 0.1) is 0 Å². The van der Waals surface area contributed by atoms with Crippen molar-refractivity contribution in [1.29, 1.82) is 0 Å². The molecule has 0 fully saturated rings. The van der Waals surface area contributed by atoms with Gasteiger partial charge in [-0.3, -0.25) is 4.79 Å². The summed E-state index contributed by atoms with van der Waals surface area (Å²) < 4.78 is 11.0. The molecule has 172 valence electrons. The summed E-state index contributed by atoms with van der Waals surface area (Å²) in [5.41, 5.74) is 0.761. The summed E-state index contributed by atoms with van der Waals surface area (Å²) in [6, 6.07) is 16.9. The maximum Gasteiger partial charge on any atom is 0.200 e. The van der Waals surface area contributed by atoms with E-state index in [9.17, 15) is 35.4 Å². The molecule has 9 heteroatoms. The molecule has 0 heterocycles. The van der Waals surface area contributed by atoms with Crippen molar-refractivity contribution in [1.82, 2.24) is 0 Å². The molecule has 0 aromatic heterocycles. The molecule has 0 spiro atoms. The number of aromatic hydroxyl groups is 6. The van der Waals surface area contributed by atoms with Gasteiger partial charge in [-0.1, -0.05) is 0 Å². The summed E-state index contributed by atoms with van der Waals surface area (Å²) in [7, 11) is 0. The highest BCUT2D eigenvalue weighted by molar-refractivity contribution is 6.09. The van der Waals surface area contributed by atoms with Gasteiger partial charge in [0.1, 0.15) is 23.0 Å². The molecule has 4 aromatic rings. The Morgan fingerprint density at radius 2 is 0.765 bits per heavy atom. The molecule has 0 radical (unpaired) electrons. The Morgan fingerprint density at radius 1 is 0.471 bits per heavy atom. The fraction of sp³-hybridized carbons (Fsp3) is 0. The standard InChI is InChI=1S/C25H18O9/c26-19-9-17(10-20(27)24(19)31)33-15-5-1-13(2-6-15)23(30)14-3-7-16(8-4-14)34-18-11-21(28)25(32)22(29)12-18/h1-12,26-29,31-32H. The van der Waals surface area contributed by atoms with Crippen molar-refractivity contribution in [3.8, 4) is 57.5 Å². The third-order valence-electron chi connectivity index (χ3n) is 4.79. The fourth-order valence-electron chi connectivity index (χ4n) is 3.06. The van der Waals surface area contributed by atoms with Crippen LogP contribution in [0.1, 0.15) is 15.9 Å². The van der Waals surface area contributed by atoms with Crippen LogP contribution in [0.3, 0.4) is 0 Å². The van der Waals surface area contributed by atoms with Gasteiger partial charge in [-0.15, -0.1) is 0 Å². The average molecular weight is 462 g/mol. The highest BCUT2D eigenvalue weighted by Crippen LogP contribution is 2.40. The van der Waals surface area contributed by atoms with Gasteiger partial charge in [0.25, 0.3) is 0 Å². The molecule has 0 saturated heterocycles. The lowest BCUT2D eigenvalue weighted by Gasteiger charge is -2.10. The maximum atomic E-state index is 12.8. The van der Waals surface area contributed by atoms with Gasteiger partial charge < -0.3 is 40.1 Å². The van der Waals surface area contributed by atoms with Crippen LogP contribution in [0.5, 0.6) is 57.5 Å². The Hall–Kier alpha value is -5.05. The molecule has 6 N–H and O–H groups in total. The van der Waals surface area contributed by atoms with E-state index in [2.05, 4.69) is 0 Å². The minimum atomic E-state index is -0.649. The molecular formula is C25H18O9. The number of carbonyl (C=O) groups excluding carboxylic acids is 1. The first-order valence-electron chi connectivity index (χ1n) is 9.81. The molecule has 0 bridgehead atoms. The number of phenols is 6. The zero-order chi connectivity index (χ0) is 24.4. The van der Waals surface area contributed by atoms with E-state index in [0.717, 1.165) is 24.3 Å². The Morgan fingerprint density at radius 3 is 1.06 bits per heavy atom. The van der Waals surface area contributed by atoms with Crippen LogP contribution in [0.2, 0.25) is 0 Å². The largest absolute Gasteiger partial charge is 0.504 e. The molecular weight excluding hydrogens is 444 g/mol. The number of carbonyl (C=O) groups is 1. The highest BCUT2D eigenvalue weighted by Gasteiger charge is 2.13. The van der Waals surface area contributed by atoms with Crippen LogP contribution in [0.25, 0.3) is 0 Å². The number of hydrogen-bond acceptors (Lipinski definition) is 9. The molecule has 0 atom stereocenters. The second-order valence-corrected chi connectivity index (χ2v) is 7.20. The molecule has 4 rings (SSSR count). The van der Waals surface area contributed by atoms with Gasteiger partial charge in [-0.2, -0.15) is 0 Å². The monoisotopic (exact) mass is 462 g/mol. The van der Waals surface area contributed by atoms with Crippen LogP contribution in [0.15, 0.2) is 72.8 Å². The minimum Gasteiger partial charge on any atom is -0.504 e. The molecule has 0 amide bonds. The van der Waals surface area contributed by atoms with Gasteiger partial charge in [0.15, 0.2) is 28.8 Å². The van der Waals surface area contributed by atoms with Crippen LogP contribution in [0, 0.1) is 0 Å². The van der Waals surface area contributed by atoms with E-state index in [4.69, 9.17) is 9.47 Å². The first-order chi connectivity index (χ1) is 16.2. The molecule has 4 aromatic carbocycles. The minimum absolute atomic E-state index is 0.0951. The average Bonchev–Trinajstić information content (AvgIpc) is 2.81. The lowest BCUT2D eigenvalue weighted by Crippen LogP contribution is -2.01. The Balaban J connectivity index is 1.45. The van der Waals surface area contributed by atoms with E-state index in [0.29, 0.717) is 22.6 Å². The molecule has 34 heavy (non-hydrogen) atoms. The van der Waals surface area contributed by atoms with E-state index in [1.807, 2.05) is 0 Å². The van der Waals surface area contributed by atoms with E-state index in [1.54, 1.807) is 24.3 Å². The molecule has 9 nitrogen and oxygen atoms in total. The number of ketones is 1. The van der Waals surface area contributed by atoms with Crippen molar-refractivity contribution in [2.24, 2.45) is 0 Å². The Labute approximate surface area is 192 Å². The van der Waals surface area contributed by atoms with E-state index in [-0.39, 0.29) is 17.3 Å². The van der Waals surface area contributed by atoms with Crippen LogP contribution < -0.4 is 9.47 Å². The molecule has 0 aliphatic carbocycles. The van der Waals surface area contributed by atoms with Gasteiger partial charge in [0, 0.05) is 35.4 Å². The number of hydrogen-bond donors (Lipinski definition) is 6. The summed E-state index contributed by atoms with van der Waals surface area (Å²) in [5.74, 6) is -2.83. The van der Waals surface area contributed by atoms with Crippen molar-refractivity contribution in [3.63, 3.8) is 0 Å². The number of rotatable bonds is 6. The van der Waals surface area contributed by atoms with E-state index >= 15 is 0 Å². The topological polar surface area (TPSA) is 157 Å². The predicted octanol–water partition coefficient (Wildman–Crippen LogP) is 4.74. The third kappa shape index (κ3) is 4.58. The predicted molar refractivity (Wildman–Crippen MR) is 119 cm³/mol. The number of phenolic OH excluding ortho intramolecular Hbond substituents is 6. The summed E-state index contributed by atoms with van der Waals surface area (Å²) in [6.07, 6.45) is 0. The maximum absolute atomic E-state index is 12.8. The smallest absolute Gasteiger partial charge is 0.200 e. The molecule has 0 aliphatic heterocycles. The van der Waals surface area contributed by atoms with Gasteiger partial charge >= 0.3 is 0 Å². The van der Waals surface area contributed by atoms with Crippen LogP contribution in [-0.4, -0.2) is 36.4 Å². The molecule has 0 unspecified atom stereocenters. The van der Waals surface area contributed by atoms with Crippen LogP contribution in [-0.2, 0) is 0 Å². The molecule has 0 aliphatic rings. The Kier molecular flexibility index (Phi) is 5.75. The van der Waals surface area contributed by atoms with Crippen LogP contribution in [0.4, 0.5) is 0 Å². The van der Waals surface area contributed by atoms with Crippen LogP contribution >= 0.6 is 0 Å². The SMILES string of the molecule is O=C(c1ccc(Oc2cc(O)c(O)c(O)c2)cc1)c1ccc(Oc2cc(O)c(O)c(O)c2)cc1. The second-order valence-electron chi connectivity index (χ2n) is 7.20. The zero-order valence-corrected chi connectivity index (χ0v) is 17.3. The van der Waals surface area contributed by atoms with Gasteiger partial charge in [0.2, 0.25) is 11.5 Å². The van der Waals surface area contributed by atoms with Crippen molar-refractivity contribution in [2.75, 3.05) is 0 Å². The number of ether oxygens (including phenoxy) is 2. The summed E-state index contributed by atoms with van der Waals surface area (Å²) in [6.45, 7) is 0. The normalized spacial score (nSPS) is 10.6. The fourth-order valence-corrected chi connectivity index (χ4v) is 3.06. The lowest BCUT2D eigenvalue weighted by atomic mass is 10.0. The Bertz CT molecular complexity index is 1210. The van der Waals surface area contributed by atoms with E-state index in [1.165, 1.54) is 24.3 Å². The summed E-state index contributed by atoms with van der Waals surface area (Å²) in [5, 5.41) is 57.0. The quantitative estimate of drug-likeness (QED) is 0.176. The number of benzene rings is 4. The lowest BCUT2D eigenvalue weighted by molar-refractivity contribution is 0.103.